The van der Waals surface area contributed by atoms with E-state index in [0.717, 1.165) is 5.69 Å². The van der Waals surface area contributed by atoms with Crippen LogP contribution in [0.5, 0.6) is 5.75 Å². The fourth-order valence-electron chi connectivity index (χ4n) is 2.26. The van der Waals surface area contributed by atoms with E-state index < -0.39 is 0 Å². The van der Waals surface area contributed by atoms with Crippen LogP contribution in [0.1, 0.15) is 10.4 Å². The normalized spacial score (nSPS) is 10.3. The highest BCUT2D eigenvalue weighted by atomic mass is 35.5. The maximum atomic E-state index is 12.2. The van der Waals surface area contributed by atoms with Crippen molar-refractivity contribution in [3.05, 3.63) is 76.4 Å². The zero-order chi connectivity index (χ0) is 18.5. The van der Waals surface area contributed by atoms with E-state index in [1.807, 2.05) is 0 Å². The zero-order valence-corrected chi connectivity index (χ0v) is 15.3. The molecule has 2 N–H and O–H groups in total. The van der Waals surface area contributed by atoms with Crippen molar-refractivity contribution < 1.29 is 9.53 Å². The van der Waals surface area contributed by atoms with Gasteiger partial charge in [-0.1, -0.05) is 23.2 Å². The monoisotopic (exact) mass is 387 g/mol. The predicted octanol–water partition coefficient (Wildman–Crippen LogP) is 5.39. The highest BCUT2D eigenvalue weighted by molar-refractivity contribution is 6.35. The molecule has 132 valence electrons. The van der Waals surface area contributed by atoms with Gasteiger partial charge >= 0.3 is 0 Å². The second kappa shape index (κ2) is 8.08. The Balaban J connectivity index is 1.66. The van der Waals surface area contributed by atoms with E-state index in [9.17, 15) is 4.79 Å². The molecule has 2 aromatic carbocycles. The Kier molecular flexibility index (Phi) is 5.61. The third-order valence-corrected chi connectivity index (χ3v) is 3.94. The van der Waals surface area contributed by atoms with Gasteiger partial charge in [0.05, 0.1) is 19.0 Å². The van der Waals surface area contributed by atoms with Gasteiger partial charge in [-0.3, -0.25) is 4.79 Å². The summed E-state index contributed by atoms with van der Waals surface area (Å²) in [6, 6.07) is 15.5. The average molecular weight is 388 g/mol. The molecular formula is C19H15Cl2N3O2. The number of benzene rings is 2. The van der Waals surface area contributed by atoms with Gasteiger partial charge in [-0.2, -0.15) is 0 Å². The smallest absolute Gasteiger partial charge is 0.255 e. The van der Waals surface area contributed by atoms with Crippen LogP contribution >= 0.6 is 23.2 Å². The minimum absolute atomic E-state index is 0.225. The fourth-order valence-corrected chi connectivity index (χ4v) is 2.79. The summed E-state index contributed by atoms with van der Waals surface area (Å²) in [5.74, 6) is 1.07. The molecule has 0 atom stereocenters. The van der Waals surface area contributed by atoms with E-state index in [4.69, 9.17) is 27.9 Å². The first kappa shape index (κ1) is 18.0. The number of aromatic nitrogens is 1. The van der Waals surface area contributed by atoms with Gasteiger partial charge in [-0.05, 0) is 54.6 Å². The van der Waals surface area contributed by atoms with Gasteiger partial charge in [0.1, 0.15) is 11.6 Å². The number of carbonyl (C=O) groups excluding carboxylic acids is 1. The average Bonchev–Trinajstić information content (AvgIpc) is 2.62. The number of halogens is 2. The molecule has 0 spiro atoms. The molecule has 0 saturated carbocycles. The lowest BCUT2D eigenvalue weighted by Crippen LogP contribution is -2.12. The Morgan fingerprint density at radius 2 is 1.65 bits per heavy atom. The Labute approximate surface area is 160 Å². The molecule has 1 amide bonds. The summed E-state index contributed by atoms with van der Waals surface area (Å²) in [6.45, 7) is 0. The summed E-state index contributed by atoms with van der Waals surface area (Å²) in [6.07, 6.45) is 1.57. The fraction of sp³-hybridized carbons (Fsp3) is 0.0526. The van der Waals surface area contributed by atoms with Gasteiger partial charge in [-0.25, -0.2) is 4.98 Å². The molecule has 3 rings (SSSR count). The quantitative estimate of drug-likeness (QED) is 0.615. The van der Waals surface area contributed by atoms with Gasteiger partial charge in [0.15, 0.2) is 0 Å². The van der Waals surface area contributed by atoms with Crippen molar-refractivity contribution in [3.8, 4) is 5.75 Å². The highest BCUT2D eigenvalue weighted by Gasteiger charge is 2.07. The van der Waals surface area contributed by atoms with Crippen LogP contribution in [0.4, 0.5) is 17.2 Å². The van der Waals surface area contributed by atoms with Gasteiger partial charge in [0.25, 0.3) is 5.91 Å². The molecule has 0 unspecified atom stereocenters. The van der Waals surface area contributed by atoms with Crippen LogP contribution in [0.3, 0.4) is 0 Å². The van der Waals surface area contributed by atoms with E-state index in [1.54, 1.807) is 67.9 Å². The largest absolute Gasteiger partial charge is 0.497 e. The Morgan fingerprint density at radius 3 is 2.23 bits per heavy atom. The van der Waals surface area contributed by atoms with Crippen LogP contribution in [0, 0.1) is 0 Å². The van der Waals surface area contributed by atoms with E-state index in [0.29, 0.717) is 32.9 Å². The number of pyridine rings is 1. The number of rotatable bonds is 5. The highest BCUT2D eigenvalue weighted by Crippen LogP contribution is 2.25. The first-order chi connectivity index (χ1) is 12.5. The van der Waals surface area contributed by atoms with Crippen LogP contribution < -0.4 is 15.4 Å². The number of carbonyl (C=O) groups is 1. The summed E-state index contributed by atoms with van der Waals surface area (Å²) in [5, 5.41) is 6.96. The number of hydrogen-bond donors (Lipinski definition) is 2. The Hall–Kier alpha value is -2.76. The SMILES string of the molecule is COc1ccc(C(=O)Nc2ccc(Nc3cc(Cl)cc(Cl)c3)nc2)cc1. The molecule has 5 nitrogen and oxygen atoms in total. The second-order valence-corrected chi connectivity index (χ2v) is 6.27. The molecule has 0 aliphatic rings. The molecule has 3 aromatic rings. The van der Waals surface area contributed by atoms with Crippen LogP contribution in [-0.2, 0) is 0 Å². The van der Waals surface area contributed by atoms with Crippen LogP contribution in [0.25, 0.3) is 0 Å². The maximum Gasteiger partial charge on any atom is 0.255 e. The van der Waals surface area contributed by atoms with Gasteiger partial charge < -0.3 is 15.4 Å². The molecule has 1 heterocycles. The Bertz CT molecular complexity index is 893. The summed E-state index contributed by atoms with van der Waals surface area (Å²) in [4.78, 5) is 16.5. The van der Waals surface area contributed by atoms with Gasteiger partial charge in [0, 0.05) is 21.3 Å². The lowest BCUT2D eigenvalue weighted by Gasteiger charge is -2.09. The molecule has 26 heavy (non-hydrogen) atoms. The second-order valence-electron chi connectivity index (χ2n) is 5.40. The number of nitrogens with zero attached hydrogens (tertiary/aromatic N) is 1. The standard InChI is InChI=1S/C19H15Cl2N3O2/c1-26-17-5-2-12(3-6-17)19(25)24-15-4-7-18(22-11-15)23-16-9-13(20)8-14(21)10-16/h2-11H,1H3,(H,22,23)(H,24,25). The zero-order valence-electron chi connectivity index (χ0n) is 13.8. The topological polar surface area (TPSA) is 63.2 Å². The first-order valence-electron chi connectivity index (χ1n) is 7.68. The molecule has 0 bridgehead atoms. The van der Waals surface area contributed by atoms with Crippen molar-refractivity contribution in [3.63, 3.8) is 0 Å². The van der Waals surface area contributed by atoms with Crippen LogP contribution in [0.2, 0.25) is 10.0 Å². The molecule has 1 aromatic heterocycles. The summed E-state index contributed by atoms with van der Waals surface area (Å²) in [5.41, 5.74) is 1.84. The lowest BCUT2D eigenvalue weighted by molar-refractivity contribution is 0.102. The molecule has 0 fully saturated rings. The number of anilines is 3. The van der Waals surface area contributed by atoms with E-state index in [1.165, 1.54) is 0 Å². The van der Waals surface area contributed by atoms with E-state index in [2.05, 4.69) is 15.6 Å². The van der Waals surface area contributed by atoms with Crippen molar-refractivity contribution in [1.82, 2.24) is 4.98 Å². The predicted molar refractivity (Wildman–Crippen MR) is 105 cm³/mol. The number of nitrogens with one attached hydrogen (secondary N) is 2. The van der Waals surface area contributed by atoms with Crippen LogP contribution in [-0.4, -0.2) is 18.0 Å². The molecule has 0 aliphatic heterocycles. The number of hydrogen-bond acceptors (Lipinski definition) is 4. The van der Waals surface area contributed by atoms with Crippen molar-refractivity contribution in [1.29, 1.82) is 0 Å². The maximum absolute atomic E-state index is 12.2. The number of methoxy groups -OCH3 is 1. The number of ether oxygens (including phenoxy) is 1. The minimum Gasteiger partial charge on any atom is -0.497 e. The van der Waals surface area contributed by atoms with E-state index in [-0.39, 0.29) is 5.91 Å². The van der Waals surface area contributed by atoms with Gasteiger partial charge in [0.2, 0.25) is 0 Å². The molecule has 0 radical (unpaired) electrons. The summed E-state index contributed by atoms with van der Waals surface area (Å²) in [7, 11) is 1.58. The molecule has 0 saturated heterocycles. The van der Waals surface area contributed by atoms with Crippen molar-refractivity contribution in [2.24, 2.45) is 0 Å². The minimum atomic E-state index is -0.225. The van der Waals surface area contributed by atoms with Gasteiger partial charge in [-0.15, -0.1) is 0 Å². The number of amides is 1. The summed E-state index contributed by atoms with van der Waals surface area (Å²) < 4.78 is 5.08. The van der Waals surface area contributed by atoms with E-state index >= 15 is 0 Å². The Morgan fingerprint density at radius 1 is 0.962 bits per heavy atom. The van der Waals surface area contributed by atoms with Crippen molar-refractivity contribution in [2.45, 2.75) is 0 Å². The molecule has 7 heteroatoms. The third kappa shape index (κ3) is 4.65. The van der Waals surface area contributed by atoms with Crippen LogP contribution in [0.15, 0.2) is 60.8 Å². The van der Waals surface area contributed by atoms with Crippen molar-refractivity contribution in [2.75, 3.05) is 17.7 Å². The lowest BCUT2D eigenvalue weighted by atomic mass is 10.2. The molecule has 0 aliphatic carbocycles. The first-order valence-corrected chi connectivity index (χ1v) is 8.43. The summed E-state index contributed by atoms with van der Waals surface area (Å²) >= 11 is 12.0. The van der Waals surface area contributed by atoms with Crippen molar-refractivity contribution >= 4 is 46.3 Å². The molecular weight excluding hydrogens is 373 g/mol. The third-order valence-electron chi connectivity index (χ3n) is 3.51.